The van der Waals surface area contributed by atoms with Crippen LogP contribution in [-0.2, 0) is 28.6 Å². The fraction of sp³-hybridized carbons (Fsp3) is 0.294. The summed E-state index contributed by atoms with van der Waals surface area (Å²) in [5.74, 6) is -2.63. The van der Waals surface area contributed by atoms with E-state index in [0.29, 0.717) is 22.6 Å². The fourth-order valence-corrected chi connectivity index (χ4v) is 7.60. The summed E-state index contributed by atoms with van der Waals surface area (Å²) < 4.78 is 15.0. The number of imide groups is 1. The predicted octanol–water partition coefficient (Wildman–Crippen LogP) is 3.00. The number of benzene rings is 3. The van der Waals surface area contributed by atoms with Gasteiger partial charge in [-0.15, -0.1) is 0 Å². The molecule has 2 N–H and O–H groups in total. The molecule has 1 aromatic heterocycles. The van der Waals surface area contributed by atoms with Crippen molar-refractivity contribution in [2.24, 2.45) is 13.0 Å². The van der Waals surface area contributed by atoms with Crippen LogP contribution >= 0.6 is 0 Å². The number of phenols is 1. The number of nitrogens with one attached hydrogen (secondary N) is 1. The molecule has 3 aliphatic rings. The number of aromatic nitrogens is 3. The Bertz CT molecular complexity index is 2040. The summed E-state index contributed by atoms with van der Waals surface area (Å²) in [4.78, 5) is 56.4. The first-order valence-corrected chi connectivity index (χ1v) is 14.9. The van der Waals surface area contributed by atoms with Crippen LogP contribution in [0.5, 0.6) is 17.2 Å². The van der Waals surface area contributed by atoms with Gasteiger partial charge in [-0.05, 0) is 36.6 Å². The SMILES string of the molecule is COc1cc(O)c(C2C3=CCn4c(=O)n(C)c(=O)n4C3CC3C(=O)N(Nc4ccc(C)cc4)C(=O)C32c2ccccc2)c(OC)c1. The summed E-state index contributed by atoms with van der Waals surface area (Å²) in [6, 6.07) is 18.6. The number of rotatable bonds is 6. The second-order valence-corrected chi connectivity index (χ2v) is 11.9. The van der Waals surface area contributed by atoms with Gasteiger partial charge in [0.05, 0.1) is 43.8 Å². The van der Waals surface area contributed by atoms with Crippen molar-refractivity contribution in [2.45, 2.75) is 37.3 Å². The number of allylic oxidation sites excluding steroid dienone is 2. The van der Waals surface area contributed by atoms with Gasteiger partial charge < -0.3 is 14.6 Å². The molecule has 12 heteroatoms. The number of hydrogen-bond acceptors (Lipinski definition) is 8. The average Bonchev–Trinajstić information content (AvgIpc) is 3.42. The quantitative estimate of drug-likeness (QED) is 0.247. The Morgan fingerprint density at radius 2 is 1.65 bits per heavy atom. The third-order valence-electron chi connectivity index (χ3n) is 9.69. The molecule has 7 rings (SSSR count). The highest BCUT2D eigenvalue weighted by atomic mass is 16.5. The van der Waals surface area contributed by atoms with Crippen LogP contribution in [0.2, 0.25) is 0 Å². The van der Waals surface area contributed by atoms with Crippen molar-refractivity contribution in [3.05, 3.63) is 116 Å². The first-order chi connectivity index (χ1) is 22.1. The number of anilines is 1. The zero-order valence-electron chi connectivity index (χ0n) is 25.8. The van der Waals surface area contributed by atoms with Gasteiger partial charge in [0.2, 0.25) is 0 Å². The Hall–Kier alpha value is -5.52. The van der Waals surface area contributed by atoms with Crippen molar-refractivity contribution >= 4 is 17.5 Å². The third kappa shape index (κ3) is 3.92. The normalized spacial score (nSPS) is 23.3. The van der Waals surface area contributed by atoms with Crippen LogP contribution in [0.4, 0.5) is 5.69 Å². The van der Waals surface area contributed by atoms with Gasteiger partial charge in [0.15, 0.2) is 0 Å². The first kappa shape index (κ1) is 29.2. The van der Waals surface area contributed by atoms with Crippen molar-refractivity contribution in [1.29, 1.82) is 0 Å². The molecule has 46 heavy (non-hydrogen) atoms. The van der Waals surface area contributed by atoms with E-state index in [-0.39, 0.29) is 30.0 Å². The molecule has 0 bridgehead atoms. The zero-order valence-corrected chi connectivity index (χ0v) is 25.8. The lowest BCUT2D eigenvalue weighted by Crippen LogP contribution is -2.53. The smallest absolute Gasteiger partial charge is 0.347 e. The number of carbonyl (C=O) groups is 2. The number of fused-ring (bicyclic) bond motifs is 4. The largest absolute Gasteiger partial charge is 0.507 e. The molecule has 1 aliphatic carbocycles. The van der Waals surface area contributed by atoms with E-state index in [1.54, 1.807) is 30.3 Å². The molecule has 236 valence electrons. The molecular weight excluding hydrogens is 590 g/mol. The second kappa shape index (κ2) is 10.5. The molecule has 1 saturated carbocycles. The Labute approximate surface area is 263 Å². The number of hydrazine groups is 1. The average molecular weight is 624 g/mol. The van der Waals surface area contributed by atoms with Crippen LogP contribution in [-0.4, -0.2) is 50.1 Å². The topological polar surface area (TPSA) is 137 Å². The minimum absolute atomic E-state index is 0.0521. The molecule has 4 atom stereocenters. The lowest BCUT2D eigenvalue weighted by atomic mass is 9.53. The van der Waals surface area contributed by atoms with Gasteiger partial charge in [0.25, 0.3) is 11.8 Å². The summed E-state index contributed by atoms with van der Waals surface area (Å²) in [6.07, 6.45) is 1.88. The molecule has 3 heterocycles. The van der Waals surface area contributed by atoms with E-state index in [4.69, 9.17) is 9.47 Å². The van der Waals surface area contributed by atoms with Crippen molar-refractivity contribution in [3.8, 4) is 17.2 Å². The molecule has 2 fully saturated rings. The molecule has 3 aromatic carbocycles. The van der Waals surface area contributed by atoms with Gasteiger partial charge in [-0.2, -0.15) is 5.01 Å². The number of amides is 2. The summed E-state index contributed by atoms with van der Waals surface area (Å²) in [6.45, 7) is 1.99. The standard InChI is InChI=1S/C34H33N5O7/c1-19-10-12-21(13-11-19)35-38-30(41)24-18-25-23(14-15-37-32(43)36(2)33(44)39(25)37)29(28-26(40)16-22(45-3)17-27(28)46-4)34(24,31(38)42)20-8-6-5-7-9-20/h5-14,16-17,24-25,29,35,40H,15,18H2,1-4H3. The number of ether oxygens (including phenoxy) is 2. The second-order valence-electron chi connectivity index (χ2n) is 11.9. The molecule has 2 amide bonds. The van der Waals surface area contributed by atoms with Crippen LogP contribution in [0, 0.1) is 12.8 Å². The van der Waals surface area contributed by atoms with Gasteiger partial charge in [0, 0.05) is 30.7 Å². The van der Waals surface area contributed by atoms with Crippen LogP contribution in [0.3, 0.4) is 0 Å². The number of methoxy groups -OCH3 is 2. The van der Waals surface area contributed by atoms with Gasteiger partial charge in [0.1, 0.15) is 17.2 Å². The fourth-order valence-electron chi connectivity index (χ4n) is 7.60. The van der Waals surface area contributed by atoms with Crippen LogP contribution in [0.1, 0.15) is 35.1 Å². The number of carbonyl (C=O) groups excluding carboxylic acids is 2. The maximum Gasteiger partial charge on any atom is 0.347 e. The summed E-state index contributed by atoms with van der Waals surface area (Å²) in [5, 5.41) is 12.8. The van der Waals surface area contributed by atoms with Gasteiger partial charge in [-0.3, -0.25) is 15.0 Å². The molecule has 1 saturated heterocycles. The van der Waals surface area contributed by atoms with Crippen molar-refractivity contribution < 1.29 is 24.2 Å². The summed E-state index contributed by atoms with van der Waals surface area (Å²) in [7, 11) is 4.32. The maximum absolute atomic E-state index is 15.1. The highest BCUT2D eigenvalue weighted by Crippen LogP contribution is 2.64. The van der Waals surface area contributed by atoms with Crippen LogP contribution < -0.4 is 26.3 Å². The molecule has 0 spiro atoms. The van der Waals surface area contributed by atoms with E-state index in [0.717, 1.165) is 15.1 Å². The molecule has 4 aromatic rings. The van der Waals surface area contributed by atoms with E-state index in [9.17, 15) is 19.5 Å². The van der Waals surface area contributed by atoms with Crippen molar-refractivity contribution in [2.75, 3.05) is 19.6 Å². The number of phenolic OH excluding ortho intramolecular Hbond substituents is 1. The number of hydrogen-bond donors (Lipinski definition) is 2. The Morgan fingerprint density at radius 3 is 2.33 bits per heavy atom. The minimum atomic E-state index is -1.57. The van der Waals surface area contributed by atoms with Crippen molar-refractivity contribution in [1.82, 2.24) is 18.9 Å². The monoisotopic (exact) mass is 623 g/mol. The van der Waals surface area contributed by atoms with Gasteiger partial charge in [-0.25, -0.2) is 23.5 Å². The van der Waals surface area contributed by atoms with E-state index >= 15 is 4.79 Å². The minimum Gasteiger partial charge on any atom is -0.507 e. The first-order valence-electron chi connectivity index (χ1n) is 14.9. The molecular formula is C34H33N5O7. The van der Waals surface area contributed by atoms with Gasteiger partial charge >= 0.3 is 11.4 Å². The Balaban J connectivity index is 1.54. The molecule has 12 nitrogen and oxygen atoms in total. The summed E-state index contributed by atoms with van der Waals surface area (Å²) in [5.41, 5.74) is 3.46. The Kier molecular flexibility index (Phi) is 6.69. The highest BCUT2D eigenvalue weighted by molar-refractivity contribution is 6.12. The Morgan fingerprint density at radius 1 is 0.935 bits per heavy atom. The predicted molar refractivity (Wildman–Crippen MR) is 168 cm³/mol. The maximum atomic E-state index is 15.1. The van der Waals surface area contributed by atoms with Crippen LogP contribution in [0.25, 0.3) is 0 Å². The van der Waals surface area contributed by atoms with Gasteiger partial charge in [-0.1, -0.05) is 54.1 Å². The molecule has 4 unspecified atom stereocenters. The highest BCUT2D eigenvalue weighted by Gasteiger charge is 2.69. The number of aryl methyl sites for hydroxylation is 1. The lowest BCUT2D eigenvalue weighted by Gasteiger charge is -2.49. The van der Waals surface area contributed by atoms with E-state index in [1.807, 2.05) is 43.3 Å². The molecule has 2 aliphatic heterocycles. The zero-order chi connectivity index (χ0) is 32.5. The number of nitrogens with zero attached hydrogens (tertiary/aromatic N) is 4. The van der Waals surface area contributed by atoms with E-state index < -0.39 is 46.5 Å². The van der Waals surface area contributed by atoms with Crippen LogP contribution in [0.15, 0.2) is 88.0 Å². The lowest BCUT2D eigenvalue weighted by molar-refractivity contribution is -0.138. The summed E-state index contributed by atoms with van der Waals surface area (Å²) >= 11 is 0. The third-order valence-corrected chi connectivity index (χ3v) is 9.69. The number of aromatic hydroxyl groups is 1. The van der Waals surface area contributed by atoms with E-state index in [2.05, 4.69) is 5.43 Å². The van der Waals surface area contributed by atoms with E-state index in [1.165, 1.54) is 36.7 Å². The van der Waals surface area contributed by atoms with Crippen molar-refractivity contribution in [3.63, 3.8) is 0 Å². The molecule has 0 radical (unpaired) electrons.